The third kappa shape index (κ3) is 8.44. The normalized spacial score (nSPS) is 15.5. The number of rotatable bonds is 11. The van der Waals surface area contributed by atoms with Crippen molar-refractivity contribution in [3.63, 3.8) is 0 Å². The lowest BCUT2D eigenvalue weighted by atomic mass is 9.87. The van der Waals surface area contributed by atoms with E-state index in [0.717, 1.165) is 55.2 Å². The highest BCUT2D eigenvalue weighted by atomic mass is 32.1. The van der Waals surface area contributed by atoms with Crippen LogP contribution < -0.4 is 10.6 Å². The fourth-order valence-corrected chi connectivity index (χ4v) is 4.48. The van der Waals surface area contributed by atoms with E-state index < -0.39 is 23.8 Å². The third-order valence-electron chi connectivity index (χ3n) is 6.22. The molecule has 1 aromatic rings. The molecule has 1 aromatic carbocycles. The van der Waals surface area contributed by atoms with E-state index in [1.807, 2.05) is 32.0 Å². The Balaban J connectivity index is 2.41. The van der Waals surface area contributed by atoms with E-state index >= 15 is 0 Å². The van der Waals surface area contributed by atoms with Crippen molar-refractivity contribution in [2.45, 2.75) is 104 Å². The van der Waals surface area contributed by atoms with E-state index in [0.29, 0.717) is 6.54 Å². The number of ether oxygens (including phenoxy) is 1. The van der Waals surface area contributed by atoms with Gasteiger partial charge >= 0.3 is 6.09 Å². The molecular weight excluding hydrogens is 462 g/mol. The van der Waals surface area contributed by atoms with Gasteiger partial charge in [-0.2, -0.15) is 12.6 Å². The topological polar surface area (TPSA) is 87.7 Å². The summed E-state index contributed by atoms with van der Waals surface area (Å²) in [7, 11) is 0. The Labute approximate surface area is 216 Å². The number of hydrogen-bond donors (Lipinski definition) is 3. The zero-order valence-corrected chi connectivity index (χ0v) is 23.0. The largest absolute Gasteiger partial charge is 0.444 e. The van der Waals surface area contributed by atoms with Crippen LogP contribution in [0, 0.1) is 13.8 Å². The summed E-state index contributed by atoms with van der Waals surface area (Å²) in [6, 6.07) is 4.19. The van der Waals surface area contributed by atoms with Gasteiger partial charge in [-0.1, -0.05) is 43.5 Å². The SMILES string of the molecule is CCCCCNC(=O)C(c1ccc(C)cc1C)N(C(=O)C(CS)NC(=O)OC(C)(C)C)C1CCC1. The molecule has 3 amide bonds. The molecule has 0 bridgehead atoms. The van der Waals surface area contributed by atoms with Crippen LogP contribution in [0.15, 0.2) is 18.2 Å². The summed E-state index contributed by atoms with van der Waals surface area (Å²) >= 11 is 4.35. The molecule has 1 aliphatic carbocycles. The van der Waals surface area contributed by atoms with E-state index in [9.17, 15) is 14.4 Å². The minimum atomic E-state index is -0.907. The average Bonchev–Trinajstić information content (AvgIpc) is 2.72. The van der Waals surface area contributed by atoms with Crippen LogP contribution in [0.3, 0.4) is 0 Å². The predicted molar refractivity (Wildman–Crippen MR) is 143 cm³/mol. The molecule has 0 aliphatic heterocycles. The van der Waals surface area contributed by atoms with E-state index in [2.05, 4.69) is 30.2 Å². The molecule has 2 atom stereocenters. The maximum atomic E-state index is 13.9. The number of aryl methyl sites for hydroxylation is 2. The molecule has 7 nitrogen and oxygen atoms in total. The molecule has 0 saturated heterocycles. The maximum absolute atomic E-state index is 13.9. The van der Waals surface area contributed by atoms with Crippen LogP contribution in [0.4, 0.5) is 4.79 Å². The lowest BCUT2D eigenvalue weighted by molar-refractivity contribution is -0.147. The van der Waals surface area contributed by atoms with Crippen LogP contribution in [-0.4, -0.2) is 52.8 Å². The van der Waals surface area contributed by atoms with Gasteiger partial charge < -0.3 is 20.3 Å². The number of amides is 3. The highest BCUT2D eigenvalue weighted by molar-refractivity contribution is 7.80. The summed E-state index contributed by atoms with van der Waals surface area (Å²) in [5, 5.41) is 5.74. The molecule has 0 heterocycles. The van der Waals surface area contributed by atoms with Crippen molar-refractivity contribution < 1.29 is 19.1 Å². The zero-order valence-electron chi connectivity index (χ0n) is 22.1. The van der Waals surface area contributed by atoms with E-state index in [1.54, 1.807) is 25.7 Å². The van der Waals surface area contributed by atoms with Crippen LogP contribution in [-0.2, 0) is 14.3 Å². The van der Waals surface area contributed by atoms with Gasteiger partial charge in [0.15, 0.2) is 0 Å². The fourth-order valence-electron chi connectivity index (χ4n) is 4.23. The molecule has 196 valence electrons. The van der Waals surface area contributed by atoms with Gasteiger partial charge in [-0.3, -0.25) is 9.59 Å². The van der Waals surface area contributed by atoms with Gasteiger partial charge in [-0.25, -0.2) is 4.79 Å². The van der Waals surface area contributed by atoms with Crippen LogP contribution >= 0.6 is 12.6 Å². The predicted octanol–water partition coefficient (Wildman–Crippen LogP) is 4.86. The Morgan fingerprint density at radius 3 is 2.37 bits per heavy atom. The Hall–Kier alpha value is -2.22. The molecule has 2 N–H and O–H groups in total. The molecule has 0 spiro atoms. The molecule has 1 aliphatic rings. The maximum Gasteiger partial charge on any atom is 0.408 e. The Morgan fingerprint density at radius 1 is 1.17 bits per heavy atom. The first kappa shape index (κ1) is 29.0. The Bertz CT molecular complexity index is 880. The van der Waals surface area contributed by atoms with Crippen LogP contribution in [0.1, 0.15) is 89.0 Å². The number of unbranched alkanes of at least 4 members (excludes halogenated alkanes) is 2. The second-order valence-electron chi connectivity index (χ2n) is 10.5. The van der Waals surface area contributed by atoms with Crippen molar-refractivity contribution >= 4 is 30.5 Å². The van der Waals surface area contributed by atoms with Crippen molar-refractivity contribution in [3.8, 4) is 0 Å². The quantitative estimate of drug-likeness (QED) is 0.296. The summed E-state index contributed by atoms with van der Waals surface area (Å²) in [4.78, 5) is 41.7. The zero-order chi connectivity index (χ0) is 26.2. The van der Waals surface area contributed by atoms with Gasteiger partial charge in [-0.05, 0) is 71.4 Å². The molecule has 0 radical (unpaired) electrons. The van der Waals surface area contributed by atoms with Crippen molar-refractivity contribution in [3.05, 3.63) is 34.9 Å². The Morgan fingerprint density at radius 2 is 1.86 bits per heavy atom. The number of benzene rings is 1. The molecule has 1 saturated carbocycles. The number of thiol groups is 1. The standard InChI is InChI=1S/C27H43N3O4S/c1-7-8-9-15-28-24(31)23(21-14-13-18(2)16-19(21)3)30(20-11-10-12-20)25(32)22(17-35)29-26(33)34-27(4,5)6/h13-14,16,20,22-23,35H,7-12,15,17H2,1-6H3,(H,28,31)(H,29,33). The smallest absolute Gasteiger partial charge is 0.408 e. The number of nitrogens with one attached hydrogen (secondary N) is 2. The summed E-state index contributed by atoms with van der Waals surface area (Å²) in [5.41, 5.74) is 2.16. The molecule has 1 fully saturated rings. The van der Waals surface area contributed by atoms with Crippen LogP contribution in [0.25, 0.3) is 0 Å². The van der Waals surface area contributed by atoms with Crippen molar-refractivity contribution in [2.75, 3.05) is 12.3 Å². The van der Waals surface area contributed by atoms with Gasteiger partial charge in [0.2, 0.25) is 11.8 Å². The minimum Gasteiger partial charge on any atom is -0.444 e. The second-order valence-corrected chi connectivity index (χ2v) is 10.8. The van der Waals surface area contributed by atoms with Crippen molar-refractivity contribution in [2.24, 2.45) is 0 Å². The molecule has 8 heteroatoms. The van der Waals surface area contributed by atoms with Gasteiger partial charge in [0.1, 0.15) is 17.7 Å². The number of nitrogens with zero attached hydrogens (tertiary/aromatic N) is 1. The van der Waals surface area contributed by atoms with Crippen molar-refractivity contribution in [1.29, 1.82) is 0 Å². The Kier molecular flexibility index (Phi) is 10.9. The molecule has 35 heavy (non-hydrogen) atoms. The minimum absolute atomic E-state index is 0.0718. The summed E-state index contributed by atoms with van der Waals surface area (Å²) < 4.78 is 5.37. The van der Waals surface area contributed by atoms with Crippen LogP contribution in [0.5, 0.6) is 0 Å². The third-order valence-corrected chi connectivity index (χ3v) is 6.59. The average molecular weight is 506 g/mol. The number of carbonyl (C=O) groups excluding carboxylic acids is 3. The molecule has 2 unspecified atom stereocenters. The lowest BCUT2D eigenvalue weighted by Gasteiger charge is -2.43. The molecule has 0 aromatic heterocycles. The first-order chi connectivity index (χ1) is 16.5. The molecular formula is C27H43N3O4S. The summed E-state index contributed by atoms with van der Waals surface area (Å²) in [6.45, 7) is 12.0. The highest BCUT2D eigenvalue weighted by Crippen LogP contribution is 2.35. The van der Waals surface area contributed by atoms with Gasteiger partial charge in [0.25, 0.3) is 0 Å². The van der Waals surface area contributed by atoms with E-state index in [-0.39, 0.29) is 23.6 Å². The summed E-state index contributed by atoms with van der Waals surface area (Å²) in [5.74, 6) is -0.410. The van der Waals surface area contributed by atoms with Crippen molar-refractivity contribution in [1.82, 2.24) is 15.5 Å². The first-order valence-corrected chi connectivity index (χ1v) is 13.4. The monoisotopic (exact) mass is 505 g/mol. The molecule has 2 rings (SSSR count). The fraction of sp³-hybridized carbons (Fsp3) is 0.667. The van der Waals surface area contributed by atoms with Crippen LogP contribution in [0.2, 0.25) is 0 Å². The van der Waals surface area contributed by atoms with E-state index in [1.165, 1.54) is 0 Å². The number of alkyl carbamates (subject to hydrolysis) is 1. The van der Waals surface area contributed by atoms with Gasteiger partial charge in [-0.15, -0.1) is 0 Å². The van der Waals surface area contributed by atoms with Gasteiger partial charge in [0, 0.05) is 18.3 Å². The lowest BCUT2D eigenvalue weighted by Crippen LogP contribution is -2.58. The number of hydrogen-bond acceptors (Lipinski definition) is 5. The first-order valence-electron chi connectivity index (χ1n) is 12.8. The summed E-state index contributed by atoms with van der Waals surface area (Å²) in [6.07, 6.45) is 4.94. The van der Waals surface area contributed by atoms with Gasteiger partial charge in [0.05, 0.1) is 0 Å². The highest BCUT2D eigenvalue weighted by Gasteiger charge is 2.42. The second kappa shape index (κ2) is 13.2. The van der Waals surface area contributed by atoms with E-state index in [4.69, 9.17) is 4.74 Å². The number of carbonyl (C=O) groups is 3.